The lowest BCUT2D eigenvalue weighted by molar-refractivity contribution is -0.878. The Kier molecular flexibility index (Phi) is 11.8. The number of hydrogen-bond acceptors (Lipinski definition) is 5. The van der Waals surface area contributed by atoms with Crippen LogP contribution in [0.2, 0.25) is 10.0 Å². The van der Waals surface area contributed by atoms with E-state index in [0.29, 0.717) is 27.3 Å². The molecule has 0 aliphatic heterocycles. The van der Waals surface area contributed by atoms with E-state index in [0.717, 1.165) is 11.3 Å². The number of halogens is 4. The number of carbonyl (C=O) groups excluding carboxylic acids is 2. The third-order valence-electron chi connectivity index (χ3n) is 5.21. The molecule has 0 aliphatic rings. The van der Waals surface area contributed by atoms with E-state index in [1.165, 1.54) is 11.8 Å². The van der Waals surface area contributed by atoms with Crippen LogP contribution in [0.5, 0.6) is 5.88 Å². The Bertz CT molecular complexity index is 1340. The van der Waals surface area contributed by atoms with E-state index in [1.54, 1.807) is 41.5 Å². The molecule has 0 unspecified atom stereocenters. The number of benzene rings is 1. The van der Waals surface area contributed by atoms with Crippen molar-refractivity contribution in [2.75, 3.05) is 6.54 Å². The molecule has 0 spiro atoms. The summed E-state index contributed by atoms with van der Waals surface area (Å²) in [5, 5.41) is 6.73. The standard InChI is InChI=1S/C23H22Cl2N8O3.2ClH/c24-17-4-3-16(9-18(17)25)33-22(10-19(32-33)14-2-1-6-27-11-14)36-30-7-5-21(34)31-20(23(26)35)8-15-12-28-13-29-15;;/h1-4,6,9-13,20,30H,5,7-8H2,(H4,26,28,29,31,34,35);2*1H/t20-;;/m0../s1. The average Bonchev–Trinajstić information content (AvgIpc) is 3.54. The maximum atomic E-state index is 12.4. The van der Waals surface area contributed by atoms with E-state index in [9.17, 15) is 9.59 Å². The number of primary amides is 1. The van der Waals surface area contributed by atoms with Crippen LogP contribution in [0, 0.1) is 0 Å². The fourth-order valence-electron chi connectivity index (χ4n) is 3.41. The minimum absolute atomic E-state index is 0. The molecule has 3 aromatic heterocycles. The Hall–Kier alpha value is -3.35. The van der Waals surface area contributed by atoms with Gasteiger partial charge in [-0.3, -0.25) is 14.6 Å². The van der Waals surface area contributed by atoms with Crippen LogP contribution in [-0.2, 0) is 16.0 Å². The largest absolute Gasteiger partial charge is 1.00 e. The van der Waals surface area contributed by atoms with E-state index < -0.39 is 11.9 Å². The van der Waals surface area contributed by atoms with Crippen molar-refractivity contribution in [3.8, 4) is 22.8 Å². The SMILES string of the molecule is NC(=O)[C@H](Cc1cnc[nH]1)NC(=O)CC[NH2+]Oc1cc(-c2cccnc2)[nH][n+]1-c1ccc(Cl)c(Cl)c1.[Cl-].[Cl-]. The van der Waals surface area contributed by atoms with Gasteiger partial charge >= 0.3 is 5.88 Å². The van der Waals surface area contributed by atoms with Gasteiger partial charge in [0.1, 0.15) is 18.3 Å². The Morgan fingerprint density at radius 2 is 1.95 bits per heavy atom. The van der Waals surface area contributed by atoms with Gasteiger partial charge in [0.25, 0.3) is 0 Å². The van der Waals surface area contributed by atoms with Crippen molar-refractivity contribution in [3.05, 3.63) is 77.1 Å². The van der Waals surface area contributed by atoms with Crippen LogP contribution in [0.25, 0.3) is 16.9 Å². The first-order chi connectivity index (χ1) is 17.4. The molecular weight excluding hydrogens is 578 g/mol. The fraction of sp³-hybridized carbons (Fsp3) is 0.174. The zero-order valence-electron chi connectivity index (χ0n) is 19.7. The van der Waals surface area contributed by atoms with Gasteiger partial charge in [-0.1, -0.05) is 23.2 Å². The summed E-state index contributed by atoms with van der Waals surface area (Å²) in [6, 6.07) is 9.89. The Morgan fingerprint density at radius 3 is 2.61 bits per heavy atom. The molecule has 0 saturated heterocycles. The zero-order valence-corrected chi connectivity index (χ0v) is 22.7. The molecule has 0 saturated carbocycles. The number of hydrogen-bond donors (Lipinski definition) is 5. The van der Waals surface area contributed by atoms with E-state index in [4.69, 9.17) is 33.8 Å². The van der Waals surface area contributed by atoms with Crippen molar-refractivity contribution in [3.63, 3.8) is 0 Å². The van der Waals surface area contributed by atoms with Gasteiger partial charge in [0.15, 0.2) is 0 Å². The van der Waals surface area contributed by atoms with Gasteiger partial charge in [-0.25, -0.2) is 9.82 Å². The number of nitrogens with zero attached hydrogens (tertiary/aromatic N) is 3. The first-order valence-corrected chi connectivity index (χ1v) is 11.7. The second-order valence-electron chi connectivity index (χ2n) is 7.81. The molecule has 0 radical (unpaired) electrons. The van der Waals surface area contributed by atoms with Gasteiger partial charge in [0.2, 0.25) is 17.5 Å². The summed E-state index contributed by atoms with van der Waals surface area (Å²) in [5.74, 6) is -0.501. The zero-order chi connectivity index (χ0) is 25.5. The van der Waals surface area contributed by atoms with Crippen LogP contribution in [0.4, 0.5) is 0 Å². The quantitative estimate of drug-likeness (QED) is 0.0659. The third kappa shape index (κ3) is 8.07. The van der Waals surface area contributed by atoms with Gasteiger partial charge < -0.3 is 40.8 Å². The van der Waals surface area contributed by atoms with Crippen LogP contribution < -0.4 is 50.9 Å². The summed E-state index contributed by atoms with van der Waals surface area (Å²) in [6.45, 7) is 0.288. The summed E-state index contributed by atoms with van der Waals surface area (Å²) in [5.41, 5.74) is 9.95. The van der Waals surface area contributed by atoms with Crippen LogP contribution in [-0.4, -0.2) is 44.5 Å². The number of hydroxylamine groups is 1. The molecule has 3 heterocycles. The first-order valence-electron chi connectivity index (χ1n) is 11.0. The highest BCUT2D eigenvalue weighted by Crippen LogP contribution is 2.24. The van der Waals surface area contributed by atoms with Crippen molar-refractivity contribution in [1.82, 2.24) is 25.4 Å². The van der Waals surface area contributed by atoms with E-state index >= 15 is 0 Å². The summed E-state index contributed by atoms with van der Waals surface area (Å²) in [4.78, 5) is 40.9. The molecule has 0 bridgehead atoms. The number of pyridine rings is 1. The van der Waals surface area contributed by atoms with Gasteiger partial charge in [-0.15, -0.1) is 0 Å². The molecule has 15 heteroatoms. The normalized spacial score (nSPS) is 11.1. The van der Waals surface area contributed by atoms with Crippen molar-refractivity contribution >= 4 is 35.0 Å². The number of nitrogens with two attached hydrogens (primary N) is 2. The van der Waals surface area contributed by atoms with Crippen molar-refractivity contribution in [2.24, 2.45) is 5.73 Å². The predicted octanol–water partition coefficient (Wildman–Crippen LogP) is -5.15. The Morgan fingerprint density at radius 1 is 1.13 bits per heavy atom. The van der Waals surface area contributed by atoms with E-state index in [2.05, 4.69) is 25.4 Å². The van der Waals surface area contributed by atoms with Gasteiger partial charge in [-0.2, -0.15) is 10.6 Å². The average molecular weight is 602 g/mol. The molecular formula is C23H24Cl4N8O3. The number of H-pyrrole nitrogens is 2. The highest BCUT2D eigenvalue weighted by molar-refractivity contribution is 6.42. The number of rotatable bonds is 11. The number of aromatic amines is 2. The summed E-state index contributed by atoms with van der Waals surface area (Å²) in [6.07, 6.45) is 6.80. The number of aromatic nitrogens is 5. The van der Waals surface area contributed by atoms with E-state index in [-0.39, 0.29) is 50.1 Å². The smallest absolute Gasteiger partial charge is 0.451 e. The molecule has 4 rings (SSSR count). The number of carbonyl (C=O) groups is 2. The molecule has 1 aromatic carbocycles. The maximum absolute atomic E-state index is 12.4. The van der Waals surface area contributed by atoms with E-state index in [1.807, 2.05) is 18.2 Å². The molecule has 202 valence electrons. The molecule has 4 aromatic rings. The monoisotopic (exact) mass is 600 g/mol. The molecule has 38 heavy (non-hydrogen) atoms. The minimum Gasteiger partial charge on any atom is -1.00 e. The number of amides is 2. The van der Waals surface area contributed by atoms with Crippen molar-refractivity contribution < 1.29 is 49.4 Å². The molecule has 2 amide bonds. The third-order valence-corrected chi connectivity index (χ3v) is 5.94. The van der Waals surface area contributed by atoms with Crippen LogP contribution in [0.15, 0.2) is 61.3 Å². The highest BCUT2D eigenvalue weighted by Gasteiger charge is 2.25. The lowest BCUT2D eigenvalue weighted by Crippen LogP contribution is -3.00. The minimum atomic E-state index is -0.845. The maximum Gasteiger partial charge on any atom is 0.451 e. The summed E-state index contributed by atoms with van der Waals surface area (Å²) >= 11 is 12.3. The summed E-state index contributed by atoms with van der Waals surface area (Å²) < 4.78 is 1.70. The lowest BCUT2D eigenvalue weighted by Gasteiger charge is -2.14. The summed E-state index contributed by atoms with van der Waals surface area (Å²) in [7, 11) is 0. The van der Waals surface area contributed by atoms with Crippen molar-refractivity contribution in [1.29, 1.82) is 0 Å². The molecule has 0 aliphatic carbocycles. The Labute approximate surface area is 240 Å². The highest BCUT2D eigenvalue weighted by atomic mass is 35.5. The second-order valence-corrected chi connectivity index (χ2v) is 8.62. The second kappa shape index (κ2) is 14.6. The molecule has 1 atom stereocenters. The predicted molar refractivity (Wildman–Crippen MR) is 131 cm³/mol. The Balaban J connectivity index is 0.00000253. The molecule has 11 nitrogen and oxygen atoms in total. The number of nitrogens with one attached hydrogen (secondary N) is 3. The topological polar surface area (TPSA) is 159 Å². The fourth-order valence-corrected chi connectivity index (χ4v) is 3.70. The van der Waals surface area contributed by atoms with Gasteiger partial charge in [-0.05, 0) is 22.9 Å². The van der Waals surface area contributed by atoms with Gasteiger partial charge in [0.05, 0.1) is 28.9 Å². The van der Waals surface area contributed by atoms with Crippen LogP contribution >= 0.6 is 23.2 Å². The van der Waals surface area contributed by atoms with Gasteiger partial charge in [0, 0.05) is 48.4 Å². The number of quaternary nitrogens is 1. The molecule has 7 N–H and O–H groups in total. The lowest BCUT2D eigenvalue weighted by atomic mass is 10.1. The van der Waals surface area contributed by atoms with Crippen LogP contribution in [0.3, 0.4) is 0 Å². The number of imidazole rings is 1. The van der Waals surface area contributed by atoms with Crippen molar-refractivity contribution in [2.45, 2.75) is 18.9 Å². The van der Waals surface area contributed by atoms with Crippen LogP contribution in [0.1, 0.15) is 12.1 Å². The first kappa shape index (κ1) is 30.9. The molecule has 0 fully saturated rings.